The molecule has 0 fully saturated rings. The molecule has 0 unspecified atom stereocenters. The van der Waals surface area contributed by atoms with Gasteiger partial charge in [0.1, 0.15) is 0 Å². The Labute approximate surface area is 59.0 Å². The second-order valence-corrected chi connectivity index (χ2v) is 2.70. The van der Waals surface area contributed by atoms with Gasteiger partial charge in [-0.15, -0.1) is 0 Å². The van der Waals surface area contributed by atoms with E-state index < -0.39 is 0 Å². The van der Waals surface area contributed by atoms with E-state index in [1.165, 1.54) is 19.3 Å². The largest absolute Gasteiger partial charge is 0.0917 e. The lowest BCUT2D eigenvalue weighted by Gasteiger charge is -2.04. The molecule has 0 saturated carbocycles. The zero-order chi connectivity index (χ0) is 7.11. The third kappa shape index (κ3) is 5.61. The normalized spacial score (nSPS) is 14.6. The van der Waals surface area contributed by atoms with Gasteiger partial charge in [-0.1, -0.05) is 38.8 Å². The highest BCUT2D eigenvalue weighted by Gasteiger charge is 1.94. The van der Waals surface area contributed by atoms with E-state index in [9.17, 15) is 0 Å². The second-order valence-electron chi connectivity index (χ2n) is 2.70. The Bertz CT molecular complexity index is 72.1. The van der Waals surface area contributed by atoms with E-state index >= 15 is 0 Å². The maximum absolute atomic E-state index is 2.31. The molecule has 9 heavy (non-hydrogen) atoms. The van der Waals surface area contributed by atoms with Crippen molar-refractivity contribution in [1.82, 2.24) is 0 Å². The van der Waals surface area contributed by atoms with E-state index in [1.807, 2.05) is 0 Å². The zero-order valence-electron chi connectivity index (χ0n) is 6.85. The minimum Gasteiger partial charge on any atom is -0.0917 e. The Morgan fingerprint density at radius 1 is 1.44 bits per heavy atom. The van der Waals surface area contributed by atoms with Crippen molar-refractivity contribution < 1.29 is 0 Å². The minimum absolute atomic E-state index is 0.881. The fourth-order valence-corrected chi connectivity index (χ4v) is 0.979. The van der Waals surface area contributed by atoms with Gasteiger partial charge >= 0.3 is 0 Å². The van der Waals surface area contributed by atoms with E-state index in [4.69, 9.17) is 0 Å². The molecule has 0 rings (SSSR count). The minimum atomic E-state index is 0.881. The highest BCUT2D eigenvalue weighted by atomic mass is 14.0. The molecule has 0 amide bonds. The average Bonchev–Trinajstić information content (AvgIpc) is 1.85. The first-order chi connectivity index (χ1) is 4.31. The van der Waals surface area contributed by atoms with Crippen LogP contribution in [-0.2, 0) is 0 Å². The van der Waals surface area contributed by atoms with Gasteiger partial charge in [0, 0.05) is 0 Å². The maximum atomic E-state index is 2.31. The third-order valence-corrected chi connectivity index (χ3v) is 1.56. The van der Waals surface area contributed by atoms with Gasteiger partial charge in [-0.05, 0) is 19.3 Å². The summed E-state index contributed by atoms with van der Waals surface area (Å²) in [6.45, 7) is 6.63. The summed E-state index contributed by atoms with van der Waals surface area (Å²) < 4.78 is 0. The van der Waals surface area contributed by atoms with Gasteiger partial charge in [0.2, 0.25) is 0 Å². The maximum Gasteiger partial charge on any atom is -0.0325 e. The molecule has 0 saturated heterocycles. The molecule has 0 aromatic heterocycles. The molecule has 0 heterocycles. The van der Waals surface area contributed by atoms with Gasteiger partial charge in [0.15, 0.2) is 0 Å². The van der Waals surface area contributed by atoms with Crippen LogP contribution in [0.4, 0.5) is 0 Å². The van der Waals surface area contributed by atoms with E-state index in [0.29, 0.717) is 0 Å². The lowest BCUT2D eigenvalue weighted by Crippen LogP contribution is -1.89. The molecule has 0 aromatic carbocycles. The van der Waals surface area contributed by atoms with Gasteiger partial charge in [-0.2, -0.15) is 0 Å². The van der Waals surface area contributed by atoms with Gasteiger partial charge in [0.25, 0.3) is 0 Å². The van der Waals surface area contributed by atoms with Crippen LogP contribution in [0.5, 0.6) is 0 Å². The summed E-state index contributed by atoms with van der Waals surface area (Å²) in [6, 6.07) is 0. The van der Waals surface area contributed by atoms with Crippen LogP contribution in [0.3, 0.4) is 0 Å². The molecule has 0 bridgehead atoms. The van der Waals surface area contributed by atoms with Crippen LogP contribution >= 0.6 is 0 Å². The molecule has 0 aliphatic rings. The van der Waals surface area contributed by atoms with Crippen LogP contribution in [0.2, 0.25) is 0 Å². The monoisotopic (exact) mass is 126 g/mol. The first-order valence-corrected chi connectivity index (χ1v) is 3.92. The van der Waals surface area contributed by atoms with E-state index in [2.05, 4.69) is 32.9 Å². The molecule has 0 radical (unpaired) electrons. The van der Waals surface area contributed by atoms with Crippen molar-refractivity contribution in [1.29, 1.82) is 0 Å². The van der Waals surface area contributed by atoms with Crippen molar-refractivity contribution >= 4 is 0 Å². The quantitative estimate of drug-likeness (QED) is 0.506. The molecule has 0 aromatic rings. The fraction of sp³-hybridized carbons (Fsp3) is 0.778. The predicted octanol–water partition coefficient (Wildman–Crippen LogP) is 3.39. The van der Waals surface area contributed by atoms with E-state index in [1.54, 1.807) is 0 Å². The van der Waals surface area contributed by atoms with Crippen molar-refractivity contribution in [3.8, 4) is 0 Å². The molecule has 0 heteroatoms. The molecule has 0 aliphatic heterocycles. The van der Waals surface area contributed by atoms with Crippen LogP contribution in [0.25, 0.3) is 0 Å². The summed E-state index contributed by atoms with van der Waals surface area (Å²) in [6.07, 6.45) is 8.32. The standard InChI is InChI=1S/C9H18/c1-4-6-8-9(3)7-5-2/h4,6,9H,5,7-8H2,1-3H3/b6-4+/t9-/m1/s1. The Balaban J connectivity index is 3.15. The summed E-state index contributed by atoms with van der Waals surface area (Å²) in [5.41, 5.74) is 0. The SMILES string of the molecule is C/C=C/C[C@H](C)CCC. The Morgan fingerprint density at radius 2 is 2.11 bits per heavy atom. The molecule has 0 spiro atoms. The zero-order valence-corrected chi connectivity index (χ0v) is 6.85. The van der Waals surface area contributed by atoms with Crippen LogP contribution in [0, 0.1) is 5.92 Å². The Kier molecular flexibility index (Phi) is 5.70. The number of rotatable bonds is 4. The average molecular weight is 126 g/mol. The smallest absolute Gasteiger partial charge is 0.0325 e. The topological polar surface area (TPSA) is 0 Å². The third-order valence-electron chi connectivity index (χ3n) is 1.56. The van der Waals surface area contributed by atoms with Gasteiger partial charge < -0.3 is 0 Å². The molecule has 0 N–H and O–H groups in total. The van der Waals surface area contributed by atoms with Gasteiger partial charge in [0.05, 0.1) is 0 Å². The second kappa shape index (κ2) is 5.87. The Morgan fingerprint density at radius 3 is 2.56 bits per heavy atom. The van der Waals surface area contributed by atoms with Crippen molar-refractivity contribution in [3.05, 3.63) is 12.2 Å². The number of hydrogen-bond donors (Lipinski definition) is 0. The highest BCUT2D eigenvalue weighted by molar-refractivity contribution is 4.78. The summed E-state index contributed by atoms with van der Waals surface area (Å²) >= 11 is 0. The van der Waals surface area contributed by atoms with Crippen LogP contribution in [0.15, 0.2) is 12.2 Å². The van der Waals surface area contributed by atoms with Crippen molar-refractivity contribution in [3.63, 3.8) is 0 Å². The highest BCUT2D eigenvalue weighted by Crippen LogP contribution is 2.09. The predicted molar refractivity (Wildman–Crippen MR) is 43.5 cm³/mol. The molecule has 0 nitrogen and oxygen atoms in total. The molecular weight excluding hydrogens is 108 g/mol. The van der Waals surface area contributed by atoms with Crippen molar-refractivity contribution in [2.45, 2.75) is 40.0 Å². The van der Waals surface area contributed by atoms with Crippen LogP contribution in [0.1, 0.15) is 40.0 Å². The molecule has 54 valence electrons. The van der Waals surface area contributed by atoms with Crippen molar-refractivity contribution in [2.24, 2.45) is 5.92 Å². The molecule has 0 aliphatic carbocycles. The summed E-state index contributed by atoms with van der Waals surface area (Å²) in [7, 11) is 0. The molecule has 1 atom stereocenters. The number of hydrogen-bond acceptors (Lipinski definition) is 0. The summed E-state index contributed by atoms with van der Waals surface area (Å²) in [5, 5.41) is 0. The first kappa shape index (κ1) is 8.74. The fourth-order valence-electron chi connectivity index (χ4n) is 0.979. The molecular formula is C9H18. The van der Waals surface area contributed by atoms with Crippen LogP contribution < -0.4 is 0 Å². The lowest BCUT2D eigenvalue weighted by atomic mass is 10.0. The van der Waals surface area contributed by atoms with Crippen LogP contribution in [-0.4, -0.2) is 0 Å². The van der Waals surface area contributed by atoms with E-state index in [-0.39, 0.29) is 0 Å². The number of allylic oxidation sites excluding steroid dienone is 2. The van der Waals surface area contributed by atoms with Crippen molar-refractivity contribution in [2.75, 3.05) is 0 Å². The summed E-state index contributed by atoms with van der Waals surface area (Å²) in [4.78, 5) is 0. The lowest BCUT2D eigenvalue weighted by molar-refractivity contribution is 0.532. The Hall–Kier alpha value is -0.260. The van der Waals surface area contributed by atoms with Gasteiger partial charge in [-0.25, -0.2) is 0 Å². The first-order valence-electron chi connectivity index (χ1n) is 3.92. The summed E-state index contributed by atoms with van der Waals surface area (Å²) in [5.74, 6) is 0.881. The van der Waals surface area contributed by atoms with Gasteiger partial charge in [-0.3, -0.25) is 0 Å². The van der Waals surface area contributed by atoms with E-state index in [0.717, 1.165) is 5.92 Å².